The maximum absolute atomic E-state index is 13.8. The van der Waals surface area contributed by atoms with Crippen molar-refractivity contribution in [3.63, 3.8) is 0 Å². The number of hydrogen-bond acceptors (Lipinski definition) is 6. The number of para-hydroxylation sites is 3. The number of ether oxygens (including phenoxy) is 2. The van der Waals surface area contributed by atoms with Gasteiger partial charge in [-0.2, -0.15) is 0 Å². The first kappa shape index (κ1) is 22.5. The van der Waals surface area contributed by atoms with Gasteiger partial charge in [-0.25, -0.2) is 9.37 Å². The molecule has 0 saturated heterocycles. The molecule has 172 valence electrons. The van der Waals surface area contributed by atoms with Crippen molar-refractivity contribution in [3.8, 4) is 23.1 Å². The third-order valence-electron chi connectivity index (χ3n) is 5.54. The Hall–Kier alpha value is -3.65. The molecule has 0 atom stereocenters. The zero-order chi connectivity index (χ0) is 23.2. The van der Waals surface area contributed by atoms with Crippen molar-refractivity contribution in [1.82, 2.24) is 14.8 Å². The summed E-state index contributed by atoms with van der Waals surface area (Å²) in [5.41, 5.74) is 0.842. The Bertz CT molecular complexity index is 1120. The number of carbonyl (C=O) groups is 1. The van der Waals surface area contributed by atoms with Crippen LogP contribution in [0.15, 0.2) is 60.8 Å². The van der Waals surface area contributed by atoms with E-state index in [-0.39, 0.29) is 17.5 Å². The third kappa shape index (κ3) is 5.23. The number of fused-ring (bicyclic) bond motifs is 2. The molecule has 2 heterocycles. The predicted molar refractivity (Wildman–Crippen MR) is 121 cm³/mol. The molecule has 33 heavy (non-hydrogen) atoms. The van der Waals surface area contributed by atoms with Crippen LogP contribution in [0.3, 0.4) is 0 Å². The molecule has 0 saturated carbocycles. The maximum Gasteiger partial charge on any atom is 0.259 e. The van der Waals surface area contributed by atoms with Gasteiger partial charge in [-0.05, 0) is 37.3 Å². The van der Waals surface area contributed by atoms with Gasteiger partial charge >= 0.3 is 0 Å². The summed E-state index contributed by atoms with van der Waals surface area (Å²) in [6, 6.07) is 15.1. The van der Waals surface area contributed by atoms with Crippen molar-refractivity contribution in [1.29, 1.82) is 0 Å². The summed E-state index contributed by atoms with van der Waals surface area (Å²) in [6.45, 7) is 4.51. The number of benzene rings is 2. The summed E-state index contributed by atoms with van der Waals surface area (Å²) in [4.78, 5) is 21.3. The van der Waals surface area contributed by atoms with Gasteiger partial charge in [0.15, 0.2) is 23.1 Å². The van der Waals surface area contributed by atoms with Gasteiger partial charge < -0.3 is 19.5 Å². The number of carbonyl (C=O) groups excluding carboxylic acids is 1. The van der Waals surface area contributed by atoms with E-state index < -0.39 is 5.82 Å². The van der Waals surface area contributed by atoms with Gasteiger partial charge in [0, 0.05) is 44.5 Å². The molecule has 0 aliphatic carbocycles. The minimum absolute atomic E-state index is 0.188. The molecule has 1 aromatic heterocycles. The highest BCUT2D eigenvalue weighted by molar-refractivity contribution is 5.96. The zero-order valence-electron chi connectivity index (χ0n) is 18.4. The van der Waals surface area contributed by atoms with E-state index in [1.165, 1.54) is 6.07 Å². The average molecular weight is 451 g/mol. The minimum Gasteiger partial charge on any atom is -0.505 e. The van der Waals surface area contributed by atoms with Crippen molar-refractivity contribution in [2.45, 2.75) is 13.5 Å². The normalized spacial score (nSPS) is 15.2. The minimum atomic E-state index is -0.657. The Balaban J connectivity index is 1.66. The fourth-order valence-electron chi connectivity index (χ4n) is 3.71. The highest BCUT2D eigenvalue weighted by atomic mass is 19.1. The lowest BCUT2D eigenvalue weighted by molar-refractivity contribution is 0.0736. The Kier molecular flexibility index (Phi) is 7.04. The molecule has 3 aromatic rings. The van der Waals surface area contributed by atoms with Crippen LogP contribution < -0.4 is 9.47 Å². The van der Waals surface area contributed by atoms with Gasteiger partial charge in [-0.3, -0.25) is 9.69 Å². The van der Waals surface area contributed by atoms with Crippen molar-refractivity contribution < 1.29 is 23.8 Å². The molecule has 0 radical (unpaired) electrons. The number of hydrogen-bond donors (Lipinski definition) is 1. The number of likely N-dealkylation sites (N-methyl/N-ethyl adjacent to an activating group) is 1. The van der Waals surface area contributed by atoms with E-state index in [1.54, 1.807) is 47.5 Å². The van der Waals surface area contributed by atoms with Crippen molar-refractivity contribution >= 4 is 5.91 Å². The molecule has 0 unspecified atom stereocenters. The van der Waals surface area contributed by atoms with E-state index in [4.69, 9.17) is 9.47 Å². The van der Waals surface area contributed by atoms with Crippen LogP contribution in [0.1, 0.15) is 22.8 Å². The SMILES string of the molecule is CCN1CCN(Cc2cccc(F)c2O)CCOc2ccccc2Oc2ncccc2C1=O. The van der Waals surface area contributed by atoms with Crippen molar-refractivity contribution in [3.05, 3.63) is 77.7 Å². The number of nitrogens with zero attached hydrogens (tertiary/aromatic N) is 3. The summed E-state index contributed by atoms with van der Waals surface area (Å²) < 4.78 is 25.8. The van der Waals surface area contributed by atoms with Crippen LogP contribution in [0, 0.1) is 5.82 Å². The number of aromatic nitrogens is 1. The molecule has 1 N–H and O–H groups in total. The number of rotatable bonds is 3. The van der Waals surface area contributed by atoms with Gasteiger partial charge in [0.25, 0.3) is 5.91 Å². The van der Waals surface area contributed by atoms with Crippen molar-refractivity contribution in [2.75, 3.05) is 32.8 Å². The van der Waals surface area contributed by atoms with Crippen LogP contribution in [-0.2, 0) is 6.54 Å². The maximum atomic E-state index is 13.8. The first-order valence-electron chi connectivity index (χ1n) is 10.9. The van der Waals surface area contributed by atoms with E-state index >= 15 is 0 Å². The summed E-state index contributed by atoms with van der Waals surface area (Å²) in [6.07, 6.45) is 1.58. The molecule has 8 heteroatoms. The quantitative estimate of drug-likeness (QED) is 0.647. The molecule has 1 aliphatic rings. The van der Waals surface area contributed by atoms with Gasteiger partial charge in [0.05, 0.1) is 0 Å². The Morgan fingerprint density at radius 3 is 2.67 bits per heavy atom. The second-order valence-corrected chi connectivity index (χ2v) is 7.66. The Morgan fingerprint density at radius 1 is 1.03 bits per heavy atom. The lowest BCUT2D eigenvalue weighted by Gasteiger charge is -2.27. The number of aromatic hydroxyl groups is 1. The molecule has 0 bridgehead atoms. The molecule has 1 amide bonds. The topological polar surface area (TPSA) is 75.1 Å². The van der Waals surface area contributed by atoms with E-state index in [1.807, 2.05) is 24.0 Å². The summed E-state index contributed by atoms with van der Waals surface area (Å²) >= 11 is 0. The molecule has 0 fully saturated rings. The third-order valence-corrected chi connectivity index (χ3v) is 5.54. The van der Waals surface area contributed by atoms with Crippen LogP contribution >= 0.6 is 0 Å². The second-order valence-electron chi connectivity index (χ2n) is 7.66. The average Bonchev–Trinajstić information content (AvgIpc) is 2.83. The molecule has 1 aliphatic heterocycles. The zero-order valence-corrected chi connectivity index (χ0v) is 18.4. The van der Waals surface area contributed by atoms with E-state index in [9.17, 15) is 14.3 Å². The van der Waals surface area contributed by atoms with Gasteiger partial charge in [-0.15, -0.1) is 0 Å². The summed E-state index contributed by atoms with van der Waals surface area (Å²) in [5, 5.41) is 10.1. The fourth-order valence-corrected chi connectivity index (χ4v) is 3.71. The van der Waals surface area contributed by atoms with E-state index in [0.29, 0.717) is 62.0 Å². The highest BCUT2D eigenvalue weighted by Crippen LogP contribution is 2.32. The van der Waals surface area contributed by atoms with Crippen LogP contribution in [0.5, 0.6) is 23.1 Å². The number of phenolic OH excluding ortho intramolecular Hbond substituents is 1. The number of phenols is 1. The largest absolute Gasteiger partial charge is 0.505 e. The number of amides is 1. The molecule has 0 spiro atoms. The highest BCUT2D eigenvalue weighted by Gasteiger charge is 2.22. The van der Waals surface area contributed by atoms with Crippen LogP contribution in [0.4, 0.5) is 4.39 Å². The second kappa shape index (κ2) is 10.3. The number of halogens is 1. The summed E-state index contributed by atoms with van der Waals surface area (Å²) in [5.74, 6) is 0.00629. The molecular weight excluding hydrogens is 425 g/mol. The van der Waals surface area contributed by atoms with Gasteiger partial charge in [0.2, 0.25) is 5.88 Å². The smallest absolute Gasteiger partial charge is 0.259 e. The molecule has 4 rings (SSSR count). The van der Waals surface area contributed by atoms with E-state index in [2.05, 4.69) is 4.98 Å². The van der Waals surface area contributed by atoms with Crippen LogP contribution in [0.25, 0.3) is 0 Å². The summed E-state index contributed by atoms with van der Waals surface area (Å²) in [7, 11) is 0. The first-order valence-corrected chi connectivity index (χ1v) is 10.9. The van der Waals surface area contributed by atoms with Crippen molar-refractivity contribution in [2.24, 2.45) is 0 Å². The van der Waals surface area contributed by atoms with Crippen LogP contribution in [-0.4, -0.2) is 58.6 Å². The molecule has 2 aromatic carbocycles. The predicted octanol–water partition coefficient (Wildman–Crippen LogP) is 4.08. The van der Waals surface area contributed by atoms with E-state index in [0.717, 1.165) is 0 Å². The lowest BCUT2D eigenvalue weighted by Crippen LogP contribution is -2.39. The molecule has 7 nitrogen and oxygen atoms in total. The Labute approximate surface area is 192 Å². The fraction of sp³-hybridized carbons (Fsp3) is 0.280. The standard InChI is InChI=1S/C25H26FN3O4/c1-2-29-14-13-28(17-18-7-5-9-20(26)23(18)30)15-16-32-21-10-3-4-11-22(21)33-24-19(25(29)31)8-6-12-27-24/h3-12,30H,2,13-17H2,1H3. The van der Waals surface area contributed by atoms with Gasteiger partial charge in [-0.1, -0.05) is 24.3 Å². The van der Waals surface area contributed by atoms with Gasteiger partial charge in [0.1, 0.15) is 12.2 Å². The molecular formula is C25H26FN3O4. The first-order chi connectivity index (χ1) is 16.1. The Morgan fingerprint density at radius 2 is 1.85 bits per heavy atom. The van der Waals surface area contributed by atoms with Crippen LogP contribution in [0.2, 0.25) is 0 Å². The number of pyridine rings is 1. The monoisotopic (exact) mass is 451 g/mol. The lowest BCUT2D eigenvalue weighted by atomic mass is 10.1.